The van der Waals surface area contributed by atoms with Crippen LogP contribution in [-0.4, -0.2) is 58.7 Å². The normalized spacial score (nSPS) is 13.4. The monoisotopic (exact) mass is 946 g/mol. The number of rotatable bonds is 15. The van der Waals surface area contributed by atoms with Gasteiger partial charge >= 0.3 is 20.2 Å². The van der Waals surface area contributed by atoms with E-state index in [1.165, 1.54) is 12.1 Å². The van der Waals surface area contributed by atoms with E-state index in [9.17, 15) is 25.9 Å². The van der Waals surface area contributed by atoms with Crippen LogP contribution in [0.25, 0.3) is 32.5 Å². The fourth-order valence-corrected chi connectivity index (χ4v) is 11.2. The lowest BCUT2D eigenvalue weighted by Gasteiger charge is -2.17. The molecule has 22 heteroatoms. The van der Waals surface area contributed by atoms with Crippen molar-refractivity contribution in [2.75, 3.05) is 13.2 Å². The Hall–Kier alpha value is -3.24. The average Bonchev–Trinajstić information content (AvgIpc) is 3.95. The summed E-state index contributed by atoms with van der Waals surface area (Å²) < 4.78 is 93.7. The summed E-state index contributed by atoms with van der Waals surface area (Å²) in [5.74, 6) is 0.625. The molecule has 0 unspecified atom stereocenters. The minimum atomic E-state index is -4.46. The molecule has 2 N–H and O–H groups in total. The topological polar surface area (TPSA) is 181 Å². The maximum atomic E-state index is 11.9. The highest BCUT2D eigenvalue weighted by Gasteiger charge is 2.33. The molecule has 0 radical (unpaired) electrons. The fourth-order valence-electron chi connectivity index (χ4n) is 6.55. The number of fused-ring (bicyclic) bond motifs is 6. The first-order valence-electron chi connectivity index (χ1n) is 17.4. The van der Waals surface area contributed by atoms with Crippen molar-refractivity contribution in [3.8, 4) is 44.0 Å². The number of hydrogen-bond donors (Lipinski definition) is 2. The van der Waals surface area contributed by atoms with Crippen molar-refractivity contribution in [2.45, 2.75) is 60.5 Å². The standard InChI is InChI=1S/C36H30Cl4N4O10S4/c37-19-5-7-27(23(39)11-19)43-33-21(15-53-29-13-31(55-35(29)33)57(45,46)47)25(41-43)17-51-9-3-1-2-4-10-52-18-26-22-16-54-30-14-32(58(48,49)50)56-36(30)34(22)44(42-26)28-8-6-20(38)12-24(28)40/h5-8,11-14H,1-4,9-10,15-18H2,(H,45,46,47)(H,48,49,50). The predicted octanol–water partition coefficient (Wildman–Crippen LogP) is 9.70. The zero-order chi connectivity index (χ0) is 40.9. The summed E-state index contributed by atoms with van der Waals surface area (Å²) in [7, 11) is -8.92. The molecular weight excluding hydrogens is 918 g/mol. The molecule has 0 fully saturated rings. The molecule has 2 aliphatic heterocycles. The van der Waals surface area contributed by atoms with Crippen molar-refractivity contribution >= 4 is 89.3 Å². The number of halogens is 4. The molecule has 306 valence electrons. The number of thiophene rings is 2. The molecule has 6 heterocycles. The van der Waals surface area contributed by atoms with E-state index in [-0.39, 0.29) is 34.8 Å². The molecule has 6 aromatic rings. The van der Waals surface area contributed by atoms with E-state index in [1.54, 1.807) is 45.8 Å². The van der Waals surface area contributed by atoms with Gasteiger partial charge in [0.2, 0.25) is 0 Å². The van der Waals surface area contributed by atoms with Crippen LogP contribution in [0.1, 0.15) is 48.2 Å². The summed E-state index contributed by atoms with van der Waals surface area (Å²) in [6, 6.07) is 12.6. The molecule has 0 saturated heterocycles. The van der Waals surface area contributed by atoms with Gasteiger partial charge in [0.25, 0.3) is 0 Å². The van der Waals surface area contributed by atoms with Gasteiger partial charge in [0.05, 0.1) is 67.2 Å². The van der Waals surface area contributed by atoms with Crippen LogP contribution in [0.5, 0.6) is 11.5 Å². The second-order valence-electron chi connectivity index (χ2n) is 13.1. The van der Waals surface area contributed by atoms with Gasteiger partial charge in [-0.1, -0.05) is 59.2 Å². The maximum Gasteiger partial charge on any atom is 0.304 e. The Kier molecular flexibility index (Phi) is 11.9. The molecule has 2 aliphatic rings. The van der Waals surface area contributed by atoms with Gasteiger partial charge in [0.15, 0.2) is 8.42 Å². The van der Waals surface area contributed by atoms with Crippen LogP contribution in [-0.2, 0) is 56.1 Å². The summed E-state index contributed by atoms with van der Waals surface area (Å²) in [6.45, 7) is 1.49. The minimum absolute atomic E-state index is 0.114. The van der Waals surface area contributed by atoms with Gasteiger partial charge in [-0.3, -0.25) is 9.11 Å². The average molecular weight is 949 g/mol. The third kappa shape index (κ3) is 8.39. The first kappa shape index (κ1) is 41.5. The Balaban J connectivity index is 0.873. The van der Waals surface area contributed by atoms with Gasteiger partial charge in [0, 0.05) is 46.5 Å². The molecule has 4 aromatic heterocycles. The quantitative estimate of drug-likeness (QED) is 0.0736. The lowest BCUT2D eigenvalue weighted by Crippen LogP contribution is -2.07. The number of aromatic nitrogens is 4. The van der Waals surface area contributed by atoms with Crippen LogP contribution in [0, 0.1) is 0 Å². The second kappa shape index (κ2) is 16.7. The zero-order valence-electron chi connectivity index (χ0n) is 29.8. The van der Waals surface area contributed by atoms with Gasteiger partial charge in [0.1, 0.15) is 24.7 Å². The van der Waals surface area contributed by atoms with Crippen LogP contribution >= 0.6 is 69.1 Å². The van der Waals surface area contributed by atoms with Crippen LogP contribution in [0.3, 0.4) is 0 Å². The molecule has 14 nitrogen and oxygen atoms in total. The third-order valence-electron chi connectivity index (χ3n) is 9.25. The zero-order valence-corrected chi connectivity index (χ0v) is 36.1. The number of hydrogen-bond acceptors (Lipinski definition) is 12. The third-order valence-corrected chi connectivity index (χ3v) is 15.2. The van der Waals surface area contributed by atoms with Crippen molar-refractivity contribution in [1.29, 1.82) is 0 Å². The van der Waals surface area contributed by atoms with Crippen molar-refractivity contribution < 1.29 is 44.9 Å². The molecule has 8 rings (SSSR count). The van der Waals surface area contributed by atoms with Crippen molar-refractivity contribution in [3.63, 3.8) is 0 Å². The van der Waals surface area contributed by atoms with E-state index in [0.717, 1.165) is 48.4 Å². The lowest BCUT2D eigenvalue weighted by atomic mass is 10.1. The molecule has 2 aromatic carbocycles. The van der Waals surface area contributed by atoms with Crippen molar-refractivity contribution in [1.82, 2.24) is 19.6 Å². The summed E-state index contributed by atoms with van der Waals surface area (Å²) in [6.07, 6.45) is 3.31. The summed E-state index contributed by atoms with van der Waals surface area (Å²) >= 11 is 27.2. The first-order valence-corrected chi connectivity index (χ1v) is 23.5. The highest BCUT2D eigenvalue weighted by Crippen LogP contribution is 2.49. The molecule has 0 aliphatic carbocycles. The Labute approximate surface area is 360 Å². The smallest absolute Gasteiger partial charge is 0.304 e. The number of benzene rings is 2. The molecule has 0 saturated carbocycles. The van der Waals surface area contributed by atoms with Gasteiger partial charge < -0.3 is 18.9 Å². The molecule has 0 spiro atoms. The predicted molar refractivity (Wildman–Crippen MR) is 220 cm³/mol. The van der Waals surface area contributed by atoms with E-state index >= 15 is 0 Å². The fraction of sp³-hybridized carbons (Fsp3) is 0.278. The van der Waals surface area contributed by atoms with E-state index in [1.807, 2.05) is 0 Å². The van der Waals surface area contributed by atoms with E-state index in [0.29, 0.717) is 99.8 Å². The Morgan fingerprint density at radius 3 is 1.43 bits per heavy atom. The molecular formula is C36H30Cl4N4O10S4. The number of ether oxygens (including phenoxy) is 4. The maximum absolute atomic E-state index is 11.9. The van der Waals surface area contributed by atoms with E-state index in [4.69, 9.17) is 75.5 Å². The molecule has 0 atom stereocenters. The van der Waals surface area contributed by atoms with Gasteiger partial charge in [-0.15, -0.1) is 22.7 Å². The lowest BCUT2D eigenvalue weighted by molar-refractivity contribution is 0.104. The van der Waals surface area contributed by atoms with Gasteiger partial charge in [-0.25, -0.2) is 9.36 Å². The first-order chi connectivity index (χ1) is 27.7. The molecule has 58 heavy (non-hydrogen) atoms. The van der Waals surface area contributed by atoms with Gasteiger partial charge in [-0.05, 0) is 49.2 Å². The highest BCUT2D eigenvalue weighted by atomic mass is 35.5. The van der Waals surface area contributed by atoms with Crippen LogP contribution in [0.15, 0.2) is 56.9 Å². The Bertz CT molecular complexity index is 2590. The van der Waals surface area contributed by atoms with Crippen LogP contribution < -0.4 is 9.47 Å². The van der Waals surface area contributed by atoms with Gasteiger partial charge in [-0.2, -0.15) is 27.0 Å². The summed E-state index contributed by atoms with van der Waals surface area (Å²) in [4.78, 5) is 0.971. The van der Waals surface area contributed by atoms with Crippen LogP contribution in [0.4, 0.5) is 0 Å². The molecule has 0 bridgehead atoms. The van der Waals surface area contributed by atoms with Crippen molar-refractivity contribution in [3.05, 3.63) is 91.1 Å². The van der Waals surface area contributed by atoms with E-state index < -0.39 is 20.2 Å². The summed E-state index contributed by atoms with van der Waals surface area (Å²) in [5, 5.41) is 11.2. The van der Waals surface area contributed by atoms with E-state index in [2.05, 4.69) is 0 Å². The second-order valence-corrected chi connectivity index (χ2v) is 20.2. The SMILES string of the molecule is O=S(=O)(O)c1cc2c(s1)-c1c(c(COCCCCCCOCc3nn(-c4ccc(Cl)cc4Cl)c4c3COc3cc(S(=O)(=O)O)sc3-4)nn1-c1ccc(Cl)cc1Cl)CO2. The summed E-state index contributed by atoms with van der Waals surface area (Å²) in [5.41, 5.74) is 4.89. The molecule has 0 amide bonds. The Morgan fingerprint density at radius 1 is 0.638 bits per heavy atom. The highest BCUT2D eigenvalue weighted by molar-refractivity contribution is 7.88. The largest absolute Gasteiger partial charge is 0.487 e. The number of nitrogens with zero attached hydrogens (tertiary/aromatic N) is 4. The van der Waals surface area contributed by atoms with Crippen molar-refractivity contribution in [2.24, 2.45) is 0 Å². The number of unbranched alkanes of at least 4 members (excludes halogenated alkanes) is 3. The van der Waals surface area contributed by atoms with Crippen LogP contribution in [0.2, 0.25) is 20.1 Å². The minimum Gasteiger partial charge on any atom is -0.487 e. The Morgan fingerprint density at radius 2 is 1.05 bits per heavy atom.